The standard InChI is InChI=1S/C13H20N4O/c14-17-16-6-2-1-5-15-13(18)12-10-8-3-4-9(7-8)11(10)12/h8-12H,1-7H2,(H,15,18). The number of rotatable bonds is 6. The van der Waals surface area contributed by atoms with Gasteiger partial charge in [0.2, 0.25) is 5.91 Å². The van der Waals surface area contributed by atoms with Gasteiger partial charge in [0, 0.05) is 23.9 Å². The topological polar surface area (TPSA) is 77.9 Å². The first-order valence-corrected chi connectivity index (χ1v) is 7.11. The van der Waals surface area contributed by atoms with Gasteiger partial charge in [-0.25, -0.2) is 0 Å². The smallest absolute Gasteiger partial charge is 0.223 e. The number of unbranched alkanes of at least 4 members (excludes halogenated alkanes) is 1. The van der Waals surface area contributed by atoms with E-state index in [9.17, 15) is 4.79 Å². The summed E-state index contributed by atoms with van der Waals surface area (Å²) < 4.78 is 0. The number of nitrogens with one attached hydrogen (secondary N) is 1. The van der Waals surface area contributed by atoms with Crippen LogP contribution in [0, 0.1) is 29.6 Å². The van der Waals surface area contributed by atoms with Crippen molar-refractivity contribution in [2.75, 3.05) is 13.1 Å². The van der Waals surface area contributed by atoms with Crippen LogP contribution >= 0.6 is 0 Å². The molecule has 0 aromatic carbocycles. The summed E-state index contributed by atoms with van der Waals surface area (Å²) in [4.78, 5) is 14.7. The molecule has 3 aliphatic rings. The zero-order valence-corrected chi connectivity index (χ0v) is 10.6. The first kappa shape index (κ1) is 11.8. The van der Waals surface area contributed by atoms with Gasteiger partial charge in [-0.2, -0.15) is 0 Å². The highest BCUT2D eigenvalue weighted by molar-refractivity contribution is 5.82. The van der Waals surface area contributed by atoms with Gasteiger partial charge in [0.1, 0.15) is 0 Å². The predicted molar refractivity (Wildman–Crippen MR) is 67.6 cm³/mol. The molecule has 1 amide bonds. The molecule has 5 nitrogen and oxygen atoms in total. The number of azide groups is 1. The fourth-order valence-corrected chi connectivity index (χ4v) is 4.36. The maximum absolute atomic E-state index is 12.0. The monoisotopic (exact) mass is 248 g/mol. The molecule has 0 spiro atoms. The van der Waals surface area contributed by atoms with Gasteiger partial charge in [-0.15, -0.1) is 0 Å². The van der Waals surface area contributed by atoms with Gasteiger partial charge < -0.3 is 5.32 Å². The number of carbonyl (C=O) groups is 1. The van der Waals surface area contributed by atoms with Gasteiger partial charge in [-0.1, -0.05) is 5.11 Å². The van der Waals surface area contributed by atoms with Crippen LogP contribution in [-0.4, -0.2) is 19.0 Å². The third-order valence-electron chi connectivity index (χ3n) is 5.09. The molecule has 3 fully saturated rings. The van der Waals surface area contributed by atoms with E-state index in [0.717, 1.165) is 43.1 Å². The molecule has 0 aromatic rings. The van der Waals surface area contributed by atoms with Crippen molar-refractivity contribution in [3.05, 3.63) is 10.4 Å². The molecule has 4 unspecified atom stereocenters. The fraction of sp³-hybridized carbons (Fsp3) is 0.923. The first-order chi connectivity index (χ1) is 8.83. The fourth-order valence-electron chi connectivity index (χ4n) is 4.36. The van der Waals surface area contributed by atoms with Crippen LogP contribution in [-0.2, 0) is 4.79 Å². The van der Waals surface area contributed by atoms with E-state index in [1.54, 1.807) is 0 Å². The van der Waals surface area contributed by atoms with E-state index in [0.29, 0.717) is 12.5 Å². The summed E-state index contributed by atoms with van der Waals surface area (Å²) in [6.45, 7) is 1.26. The Morgan fingerprint density at radius 3 is 2.67 bits per heavy atom. The van der Waals surface area contributed by atoms with Gasteiger partial charge >= 0.3 is 0 Å². The summed E-state index contributed by atoms with van der Waals surface area (Å²) in [7, 11) is 0. The van der Waals surface area contributed by atoms with Gasteiger partial charge in [0.15, 0.2) is 0 Å². The lowest BCUT2D eigenvalue weighted by molar-refractivity contribution is -0.123. The highest BCUT2D eigenvalue weighted by Crippen LogP contribution is 2.69. The Labute approximate surface area is 107 Å². The van der Waals surface area contributed by atoms with Gasteiger partial charge in [-0.05, 0) is 61.3 Å². The summed E-state index contributed by atoms with van der Waals surface area (Å²) >= 11 is 0. The largest absolute Gasteiger partial charge is 0.356 e. The lowest BCUT2D eigenvalue weighted by Gasteiger charge is -2.09. The Bertz CT molecular complexity index is 374. The number of fused-ring (bicyclic) bond motifs is 5. The van der Waals surface area contributed by atoms with Crippen molar-refractivity contribution < 1.29 is 4.79 Å². The van der Waals surface area contributed by atoms with E-state index in [4.69, 9.17) is 5.53 Å². The second-order valence-corrected chi connectivity index (χ2v) is 5.97. The van der Waals surface area contributed by atoms with Crippen molar-refractivity contribution >= 4 is 5.91 Å². The Morgan fingerprint density at radius 1 is 1.28 bits per heavy atom. The molecule has 5 heteroatoms. The van der Waals surface area contributed by atoms with Crippen molar-refractivity contribution in [1.82, 2.24) is 5.32 Å². The first-order valence-electron chi connectivity index (χ1n) is 7.11. The van der Waals surface area contributed by atoms with Crippen molar-refractivity contribution in [2.24, 2.45) is 34.7 Å². The third kappa shape index (κ3) is 1.97. The maximum Gasteiger partial charge on any atom is 0.223 e. The van der Waals surface area contributed by atoms with Crippen molar-refractivity contribution in [2.45, 2.75) is 32.1 Å². The van der Waals surface area contributed by atoms with Gasteiger partial charge in [0.05, 0.1) is 0 Å². The van der Waals surface area contributed by atoms with Gasteiger partial charge in [0.25, 0.3) is 0 Å². The number of hydrogen-bond acceptors (Lipinski definition) is 2. The molecule has 3 saturated carbocycles. The molecule has 2 bridgehead atoms. The van der Waals surface area contributed by atoms with E-state index in [1.165, 1.54) is 19.3 Å². The zero-order valence-electron chi connectivity index (χ0n) is 10.6. The molecule has 0 heterocycles. The highest BCUT2D eigenvalue weighted by atomic mass is 16.2. The number of carbonyl (C=O) groups excluding carboxylic acids is 1. The Balaban J connectivity index is 1.35. The summed E-state index contributed by atoms with van der Waals surface area (Å²) in [6, 6.07) is 0. The molecule has 0 saturated heterocycles. The Hall–Kier alpha value is -1.22. The van der Waals surface area contributed by atoms with Crippen molar-refractivity contribution in [3.63, 3.8) is 0 Å². The third-order valence-corrected chi connectivity index (χ3v) is 5.09. The molecule has 1 N–H and O–H groups in total. The van der Waals surface area contributed by atoms with Crippen LogP contribution in [0.3, 0.4) is 0 Å². The number of nitrogens with zero attached hydrogens (tertiary/aromatic N) is 3. The average molecular weight is 248 g/mol. The van der Waals surface area contributed by atoms with Crippen LogP contribution in [0.2, 0.25) is 0 Å². The summed E-state index contributed by atoms with van der Waals surface area (Å²) in [5.74, 6) is 3.80. The van der Waals surface area contributed by atoms with E-state index in [-0.39, 0.29) is 5.91 Å². The van der Waals surface area contributed by atoms with Crippen LogP contribution in [0.15, 0.2) is 5.11 Å². The van der Waals surface area contributed by atoms with Crippen LogP contribution in [0.5, 0.6) is 0 Å². The van der Waals surface area contributed by atoms with Crippen LogP contribution in [0.4, 0.5) is 0 Å². The molecule has 4 atom stereocenters. The predicted octanol–water partition coefficient (Wildman–Crippen LogP) is 2.49. The quantitative estimate of drug-likeness (QED) is 0.333. The number of hydrogen-bond donors (Lipinski definition) is 1. The van der Waals surface area contributed by atoms with E-state index < -0.39 is 0 Å². The van der Waals surface area contributed by atoms with E-state index in [2.05, 4.69) is 15.3 Å². The second-order valence-electron chi connectivity index (χ2n) is 5.97. The summed E-state index contributed by atoms with van der Waals surface area (Å²) in [5.41, 5.74) is 8.13. The zero-order chi connectivity index (χ0) is 12.5. The van der Waals surface area contributed by atoms with Crippen molar-refractivity contribution in [1.29, 1.82) is 0 Å². The molecule has 3 rings (SSSR count). The van der Waals surface area contributed by atoms with Crippen LogP contribution < -0.4 is 5.32 Å². The summed E-state index contributed by atoms with van der Waals surface area (Å²) in [5, 5.41) is 6.52. The molecule has 0 aliphatic heterocycles. The SMILES string of the molecule is [N-]=[N+]=NCCCCNC(=O)C1C2C3CCC(C3)C12. The maximum atomic E-state index is 12.0. The minimum atomic E-state index is 0.283. The second kappa shape index (κ2) is 4.81. The minimum Gasteiger partial charge on any atom is -0.356 e. The van der Waals surface area contributed by atoms with Crippen LogP contribution in [0.25, 0.3) is 10.4 Å². The average Bonchev–Trinajstić information content (AvgIpc) is 2.82. The number of amides is 1. The molecule has 98 valence electrons. The van der Waals surface area contributed by atoms with E-state index in [1.807, 2.05) is 0 Å². The summed E-state index contributed by atoms with van der Waals surface area (Å²) in [6.07, 6.45) is 5.88. The normalized spacial score (nSPS) is 39.0. The van der Waals surface area contributed by atoms with Crippen molar-refractivity contribution in [3.8, 4) is 0 Å². The molecule has 3 aliphatic carbocycles. The van der Waals surface area contributed by atoms with Crippen LogP contribution in [0.1, 0.15) is 32.1 Å². The Kier molecular flexibility index (Phi) is 3.16. The highest BCUT2D eigenvalue weighted by Gasteiger charge is 2.67. The lowest BCUT2D eigenvalue weighted by atomic mass is 10.0. The van der Waals surface area contributed by atoms with Gasteiger partial charge in [-0.3, -0.25) is 4.79 Å². The molecule has 0 radical (unpaired) electrons. The van der Waals surface area contributed by atoms with E-state index >= 15 is 0 Å². The minimum absolute atomic E-state index is 0.283. The molecular weight excluding hydrogens is 228 g/mol. The Morgan fingerprint density at radius 2 is 2.00 bits per heavy atom. The molecule has 0 aromatic heterocycles. The molecule has 18 heavy (non-hydrogen) atoms. The lowest BCUT2D eigenvalue weighted by Crippen LogP contribution is -2.28. The molecular formula is C13H20N4O.